The summed E-state index contributed by atoms with van der Waals surface area (Å²) < 4.78 is 54.4. The second-order valence-corrected chi connectivity index (χ2v) is 9.62. The summed E-state index contributed by atoms with van der Waals surface area (Å²) in [5.74, 6) is -3.81. The Hall–Kier alpha value is -3.27. The fourth-order valence-electron chi connectivity index (χ4n) is 3.83. The first-order valence-corrected chi connectivity index (χ1v) is 11.7. The van der Waals surface area contributed by atoms with Crippen LogP contribution in [0.5, 0.6) is 0 Å². The van der Waals surface area contributed by atoms with Crippen molar-refractivity contribution in [2.75, 3.05) is 24.2 Å². The Morgan fingerprint density at radius 2 is 1.75 bits per heavy atom. The largest absolute Gasteiger partial charge is 0.341 e. The van der Waals surface area contributed by atoms with Gasteiger partial charge >= 0.3 is 0 Å². The summed E-state index contributed by atoms with van der Waals surface area (Å²) in [6.45, 7) is 1.36. The molecule has 3 aromatic rings. The number of carbonyl (C=O) groups excluding carboxylic acids is 2. The van der Waals surface area contributed by atoms with E-state index < -0.39 is 33.1 Å². The lowest BCUT2D eigenvalue weighted by Crippen LogP contribution is -2.30. The molecular weight excluding hydrogens is 440 g/mol. The fourth-order valence-corrected chi connectivity index (χ4v) is 5.20. The predicted molar refractivity (Wildman–Crippen MR) is 115 cm³/mol. The van der Waals surface area contributed by atoms with Crippen molar-refractivity contribution in [1.29, 1.82) is 0 Å². The molecule has 1 aliphatic rings. The van der Waals surface area contributed by atoms with Crippen LogP contribution in [0.1, 0.15) is 12.8 Å². The van der Waals surface area contributed by atoms with Crippen LogP contribution in [-0.2, 0) is 26.0 Å². The molecule has 0 saturated carbocycles. The van der Waals surface area contributed by atoms with Gasteiger partial charge in [-0.25, -0.2) is 17.2 Å². The predicted octanol–water partition coefficient (Wildman–Crippen LogP) is 2.95. The van der Waals surface area contributed by atoms with Gasteiger partial charge in [-0.15, -0.1) is 0 Å². The van der Waals surface area contributed by atoms with Gasteiger partial charge in [-0.2, -0.15) is 0 Å². The molecule has 168 valence electrons. The third-order valence-corrected chi connectivity index (χ3v) is 7.02. The van der Waals surface area contributed by atoms with Crippen molar-refractivity contribution < 1.29 is 26.8 Å². The average molecular weight is 461 g/mol. The van der Waals surface area contributed by atoms with Crippen molar-refractivity contribution in [3.05, 3.63) is 60.3 Å². The summed E-state index contributed by atoms with van der Waals surface area (Å²) in [6.07, 6.45) is 3.25. The molecule has 1 aromatic heterocycles. The molecule has 0 bridgehead atoms. The van der Waals surface area contributed by atoms with Crippen molar-refractivity contribution in [3.63, 3.8) is 0 Å². The zero-order valence-corrected chi connectivity index (χ0v) is 17.9. The quantitative estimate of drug-likeness (QED) is 0.611. The topological polar surface area (TPSA) is 88.5 Å². The Kier molecular flexibility index (Phi) is 5.96. The molecule has 1 aliphatic heterocycles. The van der Waals surface area contributed by atoms with Gasteiger partial charge in [0.25, 0.3) is 0 Å². The van der Waals surface area contributed by atoms with E-state index in [-0.39, 0.29) is 23.0 Å². The number of hydrogen-bond donors (Lipinski definition) is 1. The molecule has 7 nitrogen and oxygen atoms in total. The number of rotatable bonds is 6. The Morgan fingerprint density at radius 1 is 1.03 bits per heavy atom. The minimum Gasteiger partial charge on any atom is -0.341 e. The first kappa shape index (κ1) is 21.9. The number of halogens is 2. The number of likely N-dealkylation sites (tertiary alicyclic amines) is 1. The van der Waals surface area contributed by atoms with Crippen LogP contribution < -0.4 is 5.32 Å². The summed E-state index contributed by atoms with van der Waals surface area (Å²) in [7, 11) is -4.12. The van der Waals surface area contributed by atoms with E-state index in [0.29, 0.717) is 30.1 Å². The smallest absolute Gasteiger partial charge is 0.242 e. The van der Waals surface area contributed by atoms with E-state index in [1.807, 2.05) is 0 Å². The van der Waals surface area contributed by atoms with Crippen molar-refractivity contribution >= 4 is 38.2 Å². The number of aromatic nitrogens is 1. The van der Waals surface area contributed by atoms with E-state index in [4.69, 9.17) is 0 Å². The van der Waals surface area contributed by atoms with E-state index in [2.05, 4.69) is 5.32 Å². The maximum Gasteiger partial charge on any atom is 0.242 e. The van der Waals surface area contributed by atoms with Crippen molar-refractivity contribution in [2.45, 2.75) is 24.3 Å². The molecule has 1 fully saturated rings. The Labute approximate surface area is 183 Å². The summed E-state index contributed by atoms with van der Waals surface area (Å²) >= 11 is 0. The van der Waals surface area contributed by atoms with Gasteiger partial charge in [0.15, 0.2) is 9.84 Å². The van der Waals surface area contributed by atoms with Crippen molar-refractivity contribution in [1.82, 2.24) is 9.47 Å². The van der Waals surface area contributed by atoms with Crippen molar-refractivity contribution in [3.8, 4) is 0 Å². The molecule has 1 N–H and O–H groups in total. The van der Waals surface area contributed by atoms with Crippen LogP contribution in [-0.4, -0.2) is 48.5 Å². The molecule has 0 aliphatic carbocycles. The van der Waals surface area contributed by atoms with Crippen LogP contribution in [0.4, 0.5) is 14.5 Å². The molecule has 2 heterocycles. The first-order chi connectivity index (χ1) is 15.2. The van der Waals surface area contributed by atoms with Gasteiger partial charge in [0.05, 0.1) is 10.6 Å². The van der Waals surface area contributed by atoms with Gasteiger partial charge in [0, 0.05) is 36.3 Å². The van der Waals surface area contributed by atoms with E-state index >= 15 is 0 Å². The van der Waals surface area contributed by atoms with E-state index in [1.165, 1.54) is 6.20 Å². The molecule has 4 rings (SSSR count). The highest BCUT2D eigenvalue weighted by atomic mass is 32.2. The second kappa shape index (κ2) is 8.70. The number of amides is 2. The van der Waals surface area contributed by atoms with Crippen molar-refractivity contribution in [2.24, 2.45) is 0 Å². The normalized spacial score (nSPS) is 14.1. The second-order valence-electron chi connectivity index (χ2n) is 7.66. The van der Waals surface area contributed by atoms with Gasteiger partial charge < -0.3 is 14.8 Å². The van der Waals surface area contributed by atoms with Crippen LogP contribution in [0.15, 0.2) is 53.6 Å². The van der Waals surface area contributed by atoms with E-state index in [0.717, 1.165) is 25.0 Å². The van der Waals surface area contributed by atoms with Gasteiger partial charge in [-0.1, -0.05) is 18.2 Å². The number of hydrogen-bond acceptors (Lipinski definition) is 4. The first-order valence-electron chi connectivity index (χ1n) is 10.1. The van der Waals surface area contributed by atoms with Gasteiger partial charge in [0.2, 0.25) is 11.8 Å². The average Bonchev–Trinajstić information content (AvgIpc) is 3.39. The molecule has 0 unspecified atom stereocenters. The van der Waals surface area contributed by atoms with Crippen LogP contribution in [0, 0.1) is 11.6 Å². The summed E-state index contributed by atoms with van der Waals surface area (Å²) in [5, 5.41) is 2.55. The highest BCUT2D eigenvalue weighted by Gasteiger charge is 2.26. The maximum atomic E-state index is 13.8. The maximum absolute atomic E-state index is 13.8. The molecule has 0 radical (unpaired) electrons. The molecule has 10 heteroatoms. The zero-order chi connectivity index (χ0) is 22.9. The zero-order valence-electron chi connectivity index (χ0n) is 17.1. The molecule has 0 spiro atoms. The highest BCUT2D eigenvalue weighted by Crippen LogP contribution is 2.27. The number of nitrogens with one attached hydrogen (secondary N) is 1. The van der Waals surface area contributed by atoms with Gasteiger partial charge in [-0.05, 0) is 31.0 Å². The fraction of sp³-hybridized carbons (Fsp3) is 0.273. The minimum absolute atomic E-state index is 0.0109. The van der Waals surface area contributed by atoms with Crippen LogP contribution in [0.25, 0.3) is 10.9 Å². The summed E-state index contributed by atoms with van der Waals surface area (Å²) in [4.78, 5) is 26.6. The number of para-hydroxylation sites is 1. The van der Waals surface area contributed by atoms with E-state index in [1.54, 1.807) is 33.7 Å². The third-order valence-electron chi connectivity index (χ3n) is 5.38. The van der Waals surface area contributed by atoms with Crippen LogP contribution in [0.2, 0.25) is 0 Å². The van der Waals surface area contributed by atoms with Gasteiger partial charge in [0.1, 0.15) is 23.9 Å². The molecule has 1 saturated heterocycles. The number of nitrogens with zero attached hydrogens (tertiary/aromatic N) is 2. The number of fused-ring (bicyclic) bond motifs is 1. The van der Waals surface area contributed by atoms with Crippen LogP contribution in [0.3, 0.4) is 0 Å². The standard InChI is InChI=1S/C22H21F2N3O4S/c23-15-7-8-18(17(24)11-15)25-21(28)14-32(30,31)20-12-27(19-6-2-1-5-16(19)20)13-22(29)26-9-3-4-10-26/h1-2,5-8,11-12H,3-4,9-10,13-14H2,(H,25,28). The lowest BCUT2D eigenvalue weighted by atomic mass is 10.2. The van der Waals surface area contributed by atoms with E-state index in [9.17, 15) is 26.8 Å². The Balaban J connectivity index is 1.58. The minimum atomic E-state index is -4.12. The SMILES string of the molecule is O=C(CS(=O)(=O)c1cn(CC(=O)N2CCCC2)c2ccccc12)Nc1ccc(F)cc1F. The number of benzene rings is 2. The molecule has 32 heavy (non-hydrogen) atoms. The summed E-state index contributed by atoms with van der Waals surface area (Å²) in [6, 6.07) is 9.29. The number of carbonyl (C=O) groups is 2. The number of sulfone groups is 1. The lowest BCUT2D eigenvalue weighted by molar-refractivity contribution is -0.130. The Morgan fingerprint density at radius 3 is 2.47 bits per heavy atom. The molecule has 0 atom stereocenters. The summed E-state index contributed by atoms with van der Waals surface area (Å²) in [5.41, 5.74) is 0.244. The monoisotopic (exact) mass is 461 g/mol. The van der Waals surface area contributed by atoms with Gasteiger partial charge in [-0.3, -0.25) is 9.59 Å². The molecule has 2 aromatic carbocycles. The molecular formula is C22H21F2N3O4S. The molecule has 2 amide bonds. The lowest BCUT2D eigenvalue weighted by Gasteiger charge is -2.15. The highest BCUT2D eigenvalue weighted by molar-refractivity contribution is 7.92. The Bertz CT molecular complexity index is 1300. The number of anilines is 1. The van der Waals surface area contributed by atoms with Crippen LogP contribution >= 0.6 is 0 Å². The third kappa shape index (κ3) is 4.50.